The largest absolute Gasteiger partial charge is 0.378 e. The summed E-state index contributed by atoms with van der Waals surface area (Å²) in [6, 6.07) is 4.49. The van der Waals surface area contributed by atoms with E-state index in [1.807, 2.05) is 4.90 Å². The van der Waals surface area contributed by atoms with Crippen LogP contribution in [0.25, 0.3) is 0 Å². The molecule has 7 heteroatoms. The van der Waals surface area contributed by atoms with Crippen LogP contribution in [0.2, 0.25) is 0 Å². The SMILES string of the molecule is C[C@@]1(C(=O)Nc2cc(F)cc(N3CCOCC3)c2)CC1(Cl)Cl. The highest BCUT2D eigenvalue weighted by atomic mass is 35.5. The molecule has 1 N–H and O–H groups in total. The quantitative estimate of drug-likeness (QED) is 0.854. The minimum absolute atomic E-state index is 0.295. The van der Waals surface area contributed by atoms with Gasteiger partial charge in [-0.25, -0.2) is 4.39 Å². The van der Waals surface area contributed by atoms with Crippen molar-refractivity contribution in [1.82, 2.24) is 0 Å². The predicted molar refractivity (Wildman–Crippen MR) is 85.2 cm³/mol. The summed E-state index contributed by atoms with van der Waals surface area (Å²) in [5.74, 6) is -0.695. The van der Waals surface area contributed by atoms with Crippen molar-refractivity contribution in [3.63, 3.8) is 0 Å². The van der Waals surface area contributed by atoms with Crippen LogP contribution in [0.4, 0.5) is 15.8 Å². The number of hydrogen-bond acceptors (Lipinski definition) is 3. The average Bonchev–Trinajstić information content (AvgIpc) is 2.99. The Morgan fingerprint density at radius 3 is 2.55 bits per heavy atom. The minimum Gasteiger partial charge on any atom is -0.378 e. The zero-order valence-corrected chi connectivity index (χ0v) is 13.7. The van der Waals surface area contributed by atoms with Crippen LogP contribution < -0.4 is 10.2 Å². The maximum absolute atomic E-state index is 13.8. The zero-order valence-electron chi connectivity index (χ0n) is 12.2. The van der Waals surface area contributed by atoms with E-state index < -0.39 is 15.6 Å². The number of carbonyl (C=O) groups excluding carboxylic acids is 1. The van der Waals surface area contributed by atoms with Gasteiger partial charge in [-0.15, -0.1) is 23.2 Å². The van der Waals surface area contributed by atoms with Crippen LogP contribution in [0.5, 0.6) is 0 Å². The maximum atomic E-state index is 13.8. The number of amides is 1. The van der Waals surface area contributed by atoms with Crippen LogP contribution in [-0.4, -0.2) is 36.5 Å². The molecule has 4 nitrogen and oxygen atoms in total. The summed E-state index contributed by atoms with van der Waals surface area (Å²) in [5, 5.41) is 2.71. The molecule has 1 saturated carbocycles. The van der Waals surface area contributed by atoms with Crippen molar-refractivity contribution < 1.29 is 13.9 Å². The van der Waals surface area contributed by atoms with Gasteiger partial charge in [0.2, 0.25) is 5.91 Å². The molecular weight excluding hydrogens is 330 g/mol. The van der Waals surface area contributed by atoms with E-state index in [9.17, 15) is 9.18 Å². The highest BCUT2D eigenvalue weighted by Gasteiger charge is 2.67. The first-order valence-corrected chi connectivity index (χ1v) is 7.90. The van der Waals surface area contributed by atoms with Crippen molar-refractivity contribution in [3.8, 4) is 0 Å². The third-order valence-corrected chi connectivity index (χ3v) is 5.38. The number of hydrogen-bond donors (Lipinski definition) is 1. The Labute approximate surface area is 138 Å². The van der Waals surface area contributed by atoms with E-state index in [0.717, 1.165) is 5.69 Å². The van der Waals surface area contributed by atoms with Gasteiger partial charge < -0.3 is 15.0 Å². The summed E-state index contributed by atoms with van der Waals surface area (Å²) >= 11 is 12.0. The lowest BCUT2D eigenvalue weighted by molar-refractivity contribution is -0.120. The van der Waals surface area contributed by atoms with Gasteiger partial charge in [-0.05, 0) is 31.5 Å². The van der Waals surface area contributed by atoms with Crippen LogP contribution in [0.3, 0.4) is 0 Å². The number of anilines is 2. The summed E-state index contributed by atoms with van der Waals surface area (Å²) in [7, 11) is 0. The lowest BCUT2D eigenvalue weighted by Crippen LogP contribution is -2.36. The molecule has 1 aliphatic heterocycles. The van der Waals surface area contributed by atoms with Crippen LogP contribution in [-0.2, 0) is 9.53 Å². The Kier molecular flexibility index (Phi) is 4.00. The van der Waals surface area contributed by atoms with Gasteiger partial charge in [-0.3, -0.25) is 4.79 Å². The number of morpholine rings is 1. The topological polar surface area (TPSA) is 41.6 Å². The fourth-order valence-corrected chi connectivity index (χ4v) is 3.27. The number of halogens is 3. The molecule has 0 aromatic heterocycles. The molecule has 3 rings (SSSR count). The van der Waals surface area contributed by atoms with Crippen molar-refractivity contribution >= 4 is 40.5 Å². The first kappa shape index (κ1) is 15.8. The number of ether oxygens (including phenoxy) is 1. The van der Waals surface area contributed by atoms with Crippen molar-refractivity contribution in [1.29, 1.82) is 0 Å². The molecule has 1 aromatic rings. The summed E-state index contributed by atoms with van der Waals surface area (Å²) in [6.07, 6.45) is 0.389. The van der Waals surface area contributed by atoms with Gasteiger partial charge in [0.25, 0.3) is 0 Å². The third kappa shape index (κ3) is 2.90. The van der Waals surface area contributed by atoms with E-state index in [-0.39, 0.29) is 5.91 Å². The van der Waals surface area contributed by atoms with Gasteiger partial charge in [0, 0.05) is 24.5 Å². The van der Waals surface area contributed by atoms with Gasteiger partial charge in [-0.2, -0.15) is 0 Å². The number of alkyl halides is 2. The van der Waals surface area contributed by atoms with Gasteiger partial charge in [-0.1, -0.05) is 0 Å². The van der Waals surface area contributed by atoms with Crippen molar-refractivity contribution in [2.75, 3.05) is 36.5 Å². The second-order valence-electron chi connectivity index (χ2n) is 5.96. The van der Waals surface area contributed by atoms with Gasteiger partial charge in [0.1, 0.15) is 10.2 Å². The molecule has 0 spiro atoms. The van der Waals surface area contributed by atoms with Gasteiger partial charge >= 0.3 is 0 Å². The van der Waals surface area contributed by atoms with Crippen LogP contribution >= 0.6 is 23.2 Å². The first-order chi connectivity index (χ1) is 10.3. The Morgan fingerprint density at radius 1 is 1.32 bits per heavy atom. The molecule has 1 saturated heterocycles. The van der Waals surface area contributed by atoms with Crippen molar-refractivity contribution in [2.45, 2.75) is 17.7 Å². The predicted octanol–water partition coefficient (Wildman–Crippen LogP) is 3.18. The highest BCUT2D eigenvalue weighted by molar-refractivity contribution is 6.53. The Morgan fingerprint density at radius 2 is 1.95 bits per heavy atom. The van der Waals surface area contributed by atoms with E-state index in [2.05, 4.69) is 5.32 Å². The van der Waals surface area contributed by atoms with E-state index in [1.54, 1.807) is 13.0 Å². The Bertz CT molecular complexity index is 605. The molecule has 1 heterocycles. The summed E-state index contributed by atoms with van der Waals surface area (Å²) in [5.41, 5.74) is 0.299. The number of nitrogens with zero attached hydrogens (tertiary/aromatic N) is 1. The van der Waals surface area contributed by atoms with Crippen molar-refractivity contribution in [2.24, 2.45) is 5.41 Å². The fraction of sp³-hybridized carbons (Fsp3) is 0.533. The molecule has 2 aliphatic rings. The second-order valence-corrected chi connectivity index (χ2v) is 7.45. The lowest BCUT2D eigenvalue weighted by atomic mass is 10.1. The standard InChI is InChI=1S/C15H17Cl2FN2O2/c1-14(9-15(14,16)17)13(21)19-11-6-10(18)7-12(8-11)20-2-4-22-5-3-20/h6-8H,2-5,9H2,1H3,(H,19,21)/t14-/m0/s1. The fourth-order valence-electron chi connectivity index (χ4n) is 2.57. The van der Waals surface area contributed by atoms with Gasteiger partial charge in [0.05, 0.1) is 18.6 Å². The molecule has 2 fully saturated rings. The molecule has 0 radical (unpaired) electrons. The number of rotatable bonds is 3. The smallest absolute Gasteiger partial charge is 0.233 e. The molecule has 1 atom stereocenters. The normalized spacial score (nSPS) is 26.6. The summed E-state index contributed by atoms with van der Waals surface area (Å²) in [6.45, 7) is 4.31. The van der Waals surface area contributed by atoms with Crippen molar-refractivity contribution in [3.05, 3.63) is 24.0 Å². The maximum Gasteiger partial charge on any atom is 0.233 e. The Balaban J connectivity index is 1.77. The van der Waals surface area contributed by atoms with Crippen LogP contribution in [0.15, 0.2) is 18.2 Å². The molecular formula is C15H17Cl2FN2O2. The van der Waals surface area contributed by atoms with E-state index in [4.69, 9.17) is 27.9 Å². The lowest BCUT2D eigenvalue weighted by Gasteiger charge is -2.29. The minimum atomic E-state index is -1.04. The second kappa shape index (κ2) is 5.55. The van der Waals surface area contributed by atoms with Crippen LogP contribution in [0.1, 0.15) is 13.3 Å². The first-order valence-electron chi connectivity index (χ1n) is 7.14. The monoisotopic (exact) mass is 346 g/mol. The summed E-state index contributed by atoms with van der Waals surface area (Å²) < 4.78 is 18.1. The highest BCUT2D eigenvalue weighted by Crippen LogP contribution is 2.64. The molecule has 22 heavy (non-hydrogen) atoms. The molecule has 120 valence electrons. The molecule has 1 amide bonds. The number of benzene rings is 1. The number of carbonyl (C=O) groups is 1. The molecule has 1 aromatic carbocycles. The van der Waals surface area contributed by atoms with Gasteiger partial charge in [0.15, 0.2) is 0 Å². The molecule has 1 aliphatic carbocycles. The average molecular weight is 347 g/mol. The molecule has 0 unspecified atom stereocenters. The van der Waals surface area contributed by atoms with E-state index in [0.29, 0.717) is 38.4 Å². The van der Waals surface area contributed by atoms with Crippen LogP contribution in [0, 0.1) is 11.2 Å². The molecule has 0 bridgehead atoms. The third-order valence-electron chi connectivity index (χ3n) is 4.28. The zero-order chi connectivity index (χ0) is 16.0. The van der Waals surface area contributed by atoms with E-state index >= 15 is 0 Å². The Hall–Kier alpha value is -1.04. The summed E-state index contributed by atoms with van der Waals surface area (Å²) in [4.78, 5) is 14.3. The van der Waals surface area contributed by atoms with E-state index in [1.165, 1.54) is 12.1 Å². The number of nitrogens with one attached hydrogen (secondary N) is 1.